The minimum atomic E-state index is 0.440. The van der Waals surface area contributed by atoms with E-state index < -0.39 is 0 Å². The van der Waals surface area contributed by atoms with E-state index in [1.54, 1.807) is 7.11 Å². The maximum Gasteiger partial charge on any atom is 0.188 e. The zero-order valence-electron chi connectivity index (χ0n) is 14.3. The highest BCUT2D eigenvalue weighted by Crippen LogP contribution is 2.17. The third-order valence-corrected chi connectivity index (χ3v) is 3.95. The van der Waals surface area contributed by atoms with Gasteiger partial charge in [0.25, 0.3) is 0 Å². The van der Waals surface area contributed by atoms with Crippen LogP contribution in [0.5, 0.6) is 5.75 Å². The van der Waals surface area contributed by atoms with Gasteiger partial charge in [0.05, 0.1) is 19.3 Å². The van der Waals surface area contributed by atoms with E-state index in [2.05, 4.69) is 22.3 Å². The van der Waals surface area contributed by atoms with Crippen LogP contribution in [0.15, 0.2) is 29.3 Å². The Morgan fingerprint density at radius 1 is 1.35 bits per heavy atom. The Morgan fingerprint density at radius 3 is 2.74 bits per heavy atom. The van der Waals surface area contributed by atoms with Crippen molar-refractivity contribution < 1.29 is 4.74 Å². The second-order valence-corrected chi connectivity index (χ2v) is 5.46. The molecule has 0 radical (unpaired) electrons. The molecule has 0 aliphatic heterocycles. The van der Waals surface area contributed by atoms with E-state index in [1.807, 2.05) is 42.9 Å². The van der Waals surface area contributed by atoms with Crippen LogP contribution in [0.1, 0.15) is 22.5 Å². The molecule has 1 aromatic heterocycles. The van der Waals surface area contributed by atoms with Crippen LogP contribution in [0.25, 0.3) is 0 Å². The highest BCUT2D eigenvalue weighted by atomic mass is 16.5. The summed E-state index contributed by atoms with van der Waals surface area (Å²) in [4.78, 5) is 4.37. The van der Waals surface area contributed by atoms with Gasteiger partial charge in [0.15, 0.2) is 5.96 Å². The summed E-state index contributed by atoms with van der Waals surface area (Å²) < 4.78 is 7.21. The molecule has 2 rings (SSSR count). The summed E-state index contributed by atoms with van der Waals surface area (Å²) in [7, 11) is 3.62. The van der Waals surface area contributed by atoms with E-state index in [1.165, 1.54) is 11.3 Å². The van der Waals surface area contributed by atoms with E-state index in [9.17, 15) is 0 Å². The minimum absolute atomic E-state index is 0.440. The molecule has 2 aromatic rings. The number of benzene rings is 1. The Bertz CT molecular complexity index is 690. The molecule has 0 amide bonds. The van der Waals surface area contributed by atoms with Gasteiger partial charge in [-0.1, -0.05) is 18.2 Å². The van der Waals surface area contributed by atoms with Gasteiger partial charge in [0, 0.05) is 24.8 Å². The van der Waals surface area contributed by atoms with E-state index in [0.29, 0.717) is 12.5 Å². The van der Waals surface area contributed by atoms with Crippen LogP contribution >= 0.6 is 0 Å². The SMILES string of the molecule is COc1ccccc1CN=C(N)NCCc1c(C)nn(C)c1C. The molecule has 0 spiro atoms. The summed E-state index contributed by atoms with van der Waals surface area (Å²) in [5, 5.41) is 7.57. The first-order chi connectivity index (χ1) is 11.0. The van der Waals surface area contributed by atoms with Crippen LogP contribution in [0.3, 0.4) is 0 Å². The van der Waals surface area contributed by atoms with Crippen LogP contribution in [-0.2, 0) is 20.0 Å². The number of methoxy groups -OCH3 is 1. The average molecular weight is 315 g/mol. The molecular formula is C17H25N5O. The number of rotatable bonds is 6. The Balaban J connectivity index is 1.88. The largest absolute Gasteiger partial charge is 0.496 e. The highest BCUT2D eigenvalue weighted by Gasteiger charge is 2.08. The molecule has 0 bridgehead atoms. The number of ether oxygens (including phenoxy) is 1. The summed E-state index contributed by atoms with van der Waals surface area (Å²) >= 11 is 0. The first kappa shape index (κ1) is 16.9. The van der Waals surface area contributed by atoms with Gasteiger partial charge in [-0.15, -0.1) is 0 Å². The lowest BCUT2D eigenvalue weighted by atomic mass is 10.1. The standard InChI is InChI=1S/C17H25N5O/c1-12-15(13(2)22(3)21-12)9-10-19-17(18)20-11-14-7-5-6-8-16(14)23-4/h5-8H,9-11H2,1-4H3,(H3,18,19,20). The van der Waals surface area contributed by atoms with Crippen LogP contribution in [0.2, 0.25) is 0 Å². The van der Waals surface area contributed by atoms with Crippen molar-refractivity contribution in [3.8, 4) is 5.75 Å². The molecule has 0 aliphatic carbocycles. The fourth-order valence-electron chi connectivity index (χ4n) is 2.55. The molecule has 23 heavy (non-hydrogen) atoms. The molecular weight excluding hydrogens is 290 g/mol. The topological polar surface area (TPSA) is 77.5 Å². The smallest absolute Gasteiger partial charge is 0.188 e. The first-order valence-corrected chi connectivity index (χ1v) is 7.67. The normalized spacial score (nSPS) is 11.6. The number of nitrogens with two attached hydrogens (primary N) is 1. The summed E-state index contributed by atoms with van der Waals surface area (Å²) in [6.07, 6.45) is 0.871. The number of hydrogen-bond donors (Lipinski definition) is 2. The molecule has 0 saturated heterocycles. The van der Waals surface area contributed by atoms with Crippen molar-refractivity contribution in [1.29, 1.82) is 0 Å². The molecule has 0 atom stereocenters. The quantitative estimate of drug-likeness (QED) is 0.628. The second-order valence-electron chi connectivity index (χ2n) is 5.46. The zero-order chi connectivity index (χ0) is 16.8. The number of para-hydroxylation sites is 1. The molecule has 3 N–H and O–H groups in total. The average Bonchev–Trinajstić information content (AvgIpc) is 2.79. The van der Waals surface area contributed by atoms with Crippen molar-refractivity contribution in [3.05, 3.63) is 46.8 Å². The van der Waals surface area contributed by atoms with Crippen molar-refractivity contribution in [2.24, 2.45) is 17.8 Å². The second kappa shape index (κ2) is 7.67. The lowest BCUT2D eigenvalue weighted by molar-refractivity contribution is 0.410. The van der Waals surface area contributed by atoms with Crippen LogP contribution in [-0.4, -0.2) is 29.4 Å². The van der Waals surface area contributed by atoms with Crippen molar-refractivity contribution in [3.63, 3.8) is 0 Å². The molecule has 0 unspecified atom stereocenters. The predicted molar refractivity (Wildman–Crippen MR) is 92.7 cm³/mol. The van der Waals surface area contributed by atoms with Gasteiger partial charge < -0.3 is 15.8 Å². The Morgan fingerprint density at radius 2 is 2.09 bits per heavy atom. The summed E-state index contributed by atoms with van der Waals surface area (Å²) in [6, 6.07) is 7.80. The van der Waals surface area contributed by atoms with E-state index in [4.69, 9.17) is 10.5 Å². The first-order valence-electron chi connectivity index (χ1n) is 7.67. The maximum absolute atomic E-state index is 5.94. The minimum Gasteiger partial charge on any atom is -0.496 e. The summed E-state index contributed by atoms with van der Waals surface area (Å²) in [5.41, 5.74) is 10.5. The molecule has 1 heterocycles. The Kier molecular flexibility index (Phi) is 5.62. The number of nitrogens with zero attached hydrogens (tertiary/aromatic N) is 3. The van der Waals surface area contributed by atoms with Crippen LogP contribution < -0.4 is 15.8 Å². The number of nitrogens with one attached hydrogen (secondary N) is 1. The maximum atomic E-state index is 5.94. The third kappa shape index (κ3) is 4.25. The Labute approximate surface area is 137 Å². The number of aromatic nitrogens is 2. The van der Waals surface area contributed by atoms with E-state index in [-0.39, 0.29) is 0 Å². The molecule has 6 heteroatoms. The van der Waals surface area contributed by atoms with Crippen molar-refractivity contribution >= 4 is 5.96 Å². The number of aryl methyl sites for hydroxylation is 2. The lowest BCUT2D eigenvalue weighted by Gasteiger charge is -2.08. The fraction of sp³-hybridized carbons (Fsp3) is 0.412. The highest BCUT2D eigenvalue weighted by molar-refractivity contribution is 5.77. The van der Waals surface area contributed by atoms with Gasteiger partial charge in [0.2, 0.25) is 0 Å². The number of hydrogen-bond acceptors (Lipinski definition) is 3. The lowest BCUT2D eigenvalue weighted by Crippen LogP contribution is -2.33. The van der Waals surface area contributed by atoms with E-state index in [0.717, 1.165) is 30.0 Å². The molecule has 0 fully saturated rings. The molecule has 124 valence electrons. The van der Waals surface area contributed by atoms with Gasteiger partial charge in [-0.25, -0.2) is 4.99 Å². The molecule has 0 saturated carbocycles. The monoisotopic (exact) mass is 315 g/mol. The predicted octanol–water partition coefficient (Wildman–Crippen LogP) is 1.69. The van der Waals surface area contributed by atoms with Gasteiger partial charge in [-0.2, -0.15) is 5.10 Å². The van der Waals surface area contributed by atoms with Crippen molar-refractivity contribution in [1.82, 2.24) is 15.1 Å². The van der Waals surface area contributed by atoms with Gasteiger partial charge in [-0.3, -0.25) is 4.68 Å². The Hall–Kier alpha value is -2.50. The van der Waals surface area contributed by atoms with Gasteiger partial charge in [0.1, 0.15) is 5.75 Å². The van der Waals surface area contributed by atoms with E-state index >= 15 is 0 Å². The summed E-state index contributed by atoms with van der Waals surface area (Å²) in [5.74, 6) is 1.26. The number of aliphatic imine (C=N–C) groups is 1. The molecule has 0 aliphatic rings. The van der Waals surface area contributed by atoms with Crippen LogP contribution in [0.4, 0.5) is 0 Å². The van der Waals surface area contributed by atoms with Gasteiger partial charge >= 0.3 is 0 Å². The fourth-order valence-corrected chi connectivity index (χ4v) is 2.55. The molecule has 6 nitrogen and oxygen atoms in total. The molecule has 1 aromatic carbocycles. The van der Waals surface area contributed by atoms with Crippen molar-refractivity contribution in [2.75, 3.05) is 13.7 Å². The number of guanidine groups is 1. The van der Waals surface area contributed by atoms with Crippen LogP contribution in [0, 0.1) is 13.8 Å². The zero-order valence-corrected chi connectivity index (χ0v) is 14.3. The van der Waals surface area contributed by atoms with Gasteiger partial charge in [-0.05, 0) is 31.9 Å². The third-order valence-electron chi connectivity index (χ3n) is 3.95. The summed E-state index contributed by atoms with van der Waals surface area (Å²) in [6.45, 7) is 5.33. The van der Waals surface area contributed by atoms with Crippen molar-refractivity contribution in [2.45, 2.75) is 26.8 Å².